The number of ether oxygens (including phenoxy) is 7. The number of rotatable bonds is 14. The van der Waals surface area contributed by atoms with Gasteiger partial charge in [0.25, 0.3) is 5.91 Å². The highest BCUT2D eigenvalue weighted by Gasteiger charge is 2.39. The molecular weight excluding hydrogens is 783 g/mol. The van der Waals surface area contributed by atoms with Crippen LogP contribution in [0.5, 0.6) is 17.2 Å². The van der Waals surface area contributed by atoms with E-state index in [0.29, 0.717) is 31.6 Å². The molecule has 61 heavy (non-hydrogen) atoms. The maximum absolute atomic E-state index is 14.1. The van der Waals surface area contributed by atoms with E-state index in [1.54, 1.807) is 0 Å². The number of amides is 1. The van der Waals surface area contributed by atoms with Gasteiger partial charge < -0.3 is 49.3 Å². The number of benzene rings is 3. The number of nitrogens with zero attached hydrogens (tertiary/aromatic N) is 1. The van der Waals surface area contributed by atoms with Gasteiger partial charge in [-0.2, -0.15) is 0 Å². The SMILES string of the molecule is COc1ccnc(C(=O)NC2COCC(OCC(C)C)C(Cc3ccccc3)C(Cc3ccc(OC4COCC(N)C(=O)OC(C)C4Cc4ccccc4)cc3)OC2=O)c1O. The summed E-state index contributed by atoms with van der Waals surface area (Å²) in [5, 5.41) is 13.3. The van der Waals surface area contributed by atoms with E-state index >= 15 is 0 Å². The van der Waals surface area contributed by atoms with Gasteiger partial charge in [-0.05, 0) is 54.5 Å². The first-order valence-corrected chi connectivity index (χ1v) is 20.8. The molecule has 3 aromatic carbocycles. The summed E-state index contributed by atoms with van der Waals surface area (Å²) in [4.78, 5) is 44.2. The summed E-state index contributed by atoms with van der Waals surface area (Å²) >= 11 is 0. The molecule has 8 unspecified atom stereocenters. The molecule has 2 aliphatic heterocycles. The maximum atomic E-state index is 14.1. The molecule has 3 heterocycles. The fourth-order valence-corrected chi connectivity index (χ4v) is 7.56. The van der Waals surface area contributed by atoms with Crippen LogP contribution in [0.4, 0.5) is 0 Å². The van der Waals surface area contributed by atoms with Gasteiger partial charge in [-0.25, -0.2) is 9.78 Å². The Kier molecular flexibility index (Phi) is 16.1. The molecule has 1 aromatic heterocycles. The number of cyclic esters (lactones) is 2. The lowest BCUT2D eigenvalue weighted by Crippen LogP contribution is -2.47. The Hall–Kier alpha value is -5.54. The topological polar surface area (TPSA) is 187 Å². The van der Waals surface area contributed by atoms with Gasteiger partial charge in [-0.1, -0.05) is 86.6 Å². The Bertz CT molecular complexity index is 2020. The molecule has 14 nitrogen and oxygen atoms in total. The average molecular weight is 840 g/mol. The predicted octanol–water partition coefficient (Wildman–Crippen LogP) is 4.87. The maximum Gasteiger partial charge on any atom is 0.331 e. The molecule has 0 radical (unpaired) electrons. The zero-order valence-corrected chi connectivity index (χ0v) is 35.1. The van der Waals surface area contributed by atoms with E-state index in [9.17, 15) is 19.5 Å². The normalized spacial score (nSPS) is 25.0. The van der Waals surface area contributed by atoms with Crippen LogP contribution in [-0.2, 0) is 52.5 Å². The summed E-state index contributed by atoms with van der Waals surface area (Å²) in [7, 11) is 1.36. The monoisotopic (exact) mass is 839 g/mol. The molecule has 2 aliphatic rings. The second-order valence-corrected chi connectivity index (χ2v) is 16.0. The van der Waals surface area contributed by atoms with Crippen molar-refractivity contribution in [2.24, 2.45) is 23.5 Å². The number of nitrogens with one attached hydrogen (secondary N) is 1. The van der Waals surface area contributed by atoms with Gasteiger partial charge in [0.15, 0.2) is 23.2 Å². The summed E-state index contributed by atoms with van der Waals surface area (Å²) in [5.41, 5.74) is 8.69. The molecule has 0 saturated carbocycles. The Labute approximate surface area is 357 Å². The van der Waals surface area contributed by atoms with Crippen molar-refractivity contribution in [1.29, 1.82) is 0 Å². The average Bonchev–Trinajstić information content (AvgIpc) is 3.33. The summed E-state index contributed by atoms with van der Waals surface area (Å²) in [6.45, 7) is 6.56. The molecule has 2 fully saturated rings. The van der Waals surface area contributed by atoms with Crippen LogP contribution in [0.1, 0.15) is 48.0 Å². The van der Waals surface area contributed by atoms with Crippen LogP contribution < -0.4 is 20.5 Å². The highest BCUT2D eigenvalue weighted by atomic mass is 16.6. The molecule has 14 heteroatoms. The minimum atomic E-state index is -1.23. The van der Waals surface area contributed by atoms with Crippen LogP contribution in [0.15, 0.2) is 97.2 Å². The van der Waals surface area contributed by atoms with Gasteiger partial charge in [-0.3, -0.25) is 9.59 Å². The molecule has 8 atom stereocenters. The number of carbonyl (C=O) groups is 3. The van der Waals surface area contributed by atoms with Crippen molar-refractivity contribution in [3.8, 4) is 17.2 Å². The number of carbonyl (C=O) groups excluding carboxylic acids is 3. The first-order valence-electron chi connectivity index (χ1n) is 20.8. The summed E-state index contributed by atoms with van der Waals surface area (Å²) < 4.78 is 42.5. The highest BCUT2D eigenvalue weighted by molar-refractivity contribution is 5.98. The molecular formula is C47H57N3O11. The molecule has 4 aromatic rings. The lowest BCUT2D eigenvalue weighted by Gasteiger charge is -2.33. The number of aromatic nitrogens is 1. The van der Waals surface area contributed by atoms with Crippen LogP contribution in [0.25, 0.3) is 0 Å². The fourth-order valence-electron chi connectivity index (χ4n) is 7.56. The lowest BCUT2D eigenvalue weighted by atomic mass is 9.85. The van der Waals surface area contributed by atoms with Gasteiger partial charge >= 0.3 is 11.9 Å². The number of nitrogens with two attached hydrogens (primary N) is 1. The Balaban J connectivity index is 1.27. The fraction of sp³-hybridized carbons (Fsp3) is 0.447. The van der Waals surface area contributed by atoms with Gasteiger partial charge in [-0.15, -0.1) is 0 Å². The standard InChI is InChI=1S/C47H57N3O11/c1-29(2)24-58-41-27-57-26-38(50-45(52)43-44(51)39(55-4)19-20-49-43)47(54)61-40(36(41)22-32-13-9-6-10-14-32)23-33-15-17-34(18-16-33)60-42-28-56-25-37(48)46(53)59-30(3)35(42)21-31-11-7-5-8-12-31/h5-20,29-30,35-38,40-42,51H,21-28,48H2,1-4H3,(H,50,52). The van der Waals surface area contributed by atoms with Crippen molar-refractivity contribution in [1.82, 2.24) is 10.3 Å². The second-order valence-electron chi connectivity index (χ2n) is 16.0. The van der Waals surface area contributed by atoms with E-state index in [0.717, 1.165) is 16.7 Å². The number of pyridine rings is 1. The first-order chi connectivity index (χ1) is 29.5. The van der Waals surface area contributed by atoms with Crippen LogP contribution in [-0.4, -0.2) is 105 Å². The summed E-state index contributed by atoms with van der Waals surface area (Å²) in [6.07, 6.45) is 0.532. The van der Waals surface area contributed by atoms with E-state index in [1.807, 2.05) is 91.9 Å². The Morgan fingerprint density at radius 2 is 1.43 bits per heavy atom. The van der Waals surface area contributed by atoms with Gasteiger partial charge in [0.1, 0.15) is 30.1 Å². The van der Waals surface area contributed by atoms with Crippen molar-refractivity contribution in [2.45, 2.75) is 76.5 Å². The minimum Gasteiger partial charge on any atom is -0.503 e. The predicted molar refractivity (Wildman–Crippen MR) is 225 cm³/mol. The third kappa shape index (κ3) is 12.5. The quantitative estimate of drug-likeness (QED) is 0.146. The van der Waals surface area contributed by atoms with Crippen LogP contribution in [0, 0.1) is 17.8 Å². The van der Waals surface area contributed by atoms with Crippen molar-refractivity contribution >= 4 is 17.8 Å². The lowest BCUT2D eigenvalue weighted by molar-refractivity contribution is -0.157. The first kappa shape index (κ1) is 45.0. The number of methoxy groups -OCH3 is 1. The van der Waals surface area contributed by atoms with Gasteiger partial charge in [0.2, 0.25) is 0 Å². The number of esters is 2. The van der Waals surface area contributed by atoms with Crippen LogP contribution in [0.2, 0.25) is 0 Å². The number of hydrogen-bond donors (Lipinski definition) is 3. The van der Waals surface area contributed by atoms with Crippen LogP contribution in [0.3, 0.4) is 0 Å². The molecule has 0 spiro atoms. The van der Waals surface area contributed by atoms with Crippen LogP contribution >= 0.6 is 0 Å². The van der Waals surface area contributed by atoms with Crippen molar-refractivity contribution in [2.75, 3.05) is 40.1 Å². The van der Waals surface area contributed by atoms with Crippen molar-refractivity contribution in [3.63, 3.8) is 0 Å². The zero-order chi connectivity index (χ0) is 43.3. The van der Waals surface area contributed by atoms with Gasteiger partial charge in [0.05, 0.1) is 39.6 Å². The minimum absolute atomic E-state index is 0.00445. The molecule has 0 bridgehead atoms. The summed E-state index contributed by atoms with van der Waals surface area (Å²) in [6, 6.07) is 26.7. The Morgan fingerprint density at radius 1 is 0.803 bits per heavy atom. The van der Waals surface area contributed by atoms with Crippen molar-refractivity contribution < 1.29 is 52.6 Å². The number of aromatic hydroxyl groups is 1. The molecule has 4 N–H and O–H groups in total. The molecule has 1 amide bonds. The summed E-state index contributed by atoms with van der Waals surface area (Å²) in [5.74, 6) is -2.23. The molecule has 2 saturated heterocycles. The van der Waals surface area contributed by atoms with E-state index in [4.69, 9.17) is 38.9 Å². The smallest absolute Gasteiger partial charge is 0.331 e. The Morgan fingerprint density at radius 3 is 2.08 bits per heavy atom. The van der Waals surface area contributed by atoms with E-state index in [1.165, 1.54) is 19.4 Å². The molecule has 6 rings (SSSR count). The van der Waals surface area contributed by atoms with E-state index < -0.39 is 60.1 Å². The largest absolute Gasteiger partial charge is 0.503 e. The second kappa shape index (κ2) is 21.8. The highest BCUT2D eigenvalue weighted by Crippen LogP contribution is 2.31. The number of hydrogen-bond acceptors (Lipinski definition) is 13. The third-order valence-electron chi connectivity index (χ3n) is 10.9. The van der Waals surface area contributed by atoms with E-state index in [2.05, 4.69) is 24.1 Å². The van der Waals surface area contributed by atoms with E-state index in [-0.39, 0.29) is 55.6 Å². The van der Waals surface area contributed by atoms with Crippen molar-refractivity contribution in [3.05, 3.63) is 120 Å². The molecule has 0 aliphatic carbocycles. The molecule has 326 valence electrons. The zero-order valence-electron chi connectivity index (χ0n) is 35.1. The third-order valence-corrected chi connectivity index (χ3v) is 10.9. The van der Waals surface area contributed by atoms with Gasteiger partial charge in [0, 0.05) is 37.1 Å².